The predicted octanol–water partition coefficient (Wildman–Crippen LogP) is 13.0. The molecule has 0 saturated heterocycles. The lowest BCUT2D eigenvalue weighted by molar-refractivity contribution is 0.652. The van der Waals surface area contributed by atoms with Crippen molar-refractivity contribution in [2.24, 2.45) is 0 Å². The van der Waals surface area contributed by atoms with E-state index in [1.54, 1.807) is 0 Å². The molecular formula is C50H37N. The highest BCUT2D eigenvalue weighted by molar-refractivity contribution is 5.99. The second-order valence-corrected chi connectivity index (χ2v) is 14.5. The fourth-order valence-corrected chi connectivity index (χ4v) is 9.20. The van der Waals surface area contributed by atoms with Gasteiger partial charge in [0.2, 0.25) is 0 Å². The van der Waals surface area contributed by atoms with Gasteiger partial charge in [-0.05, 0) is 91.4 Å². The van der Waals surface area contributed by atoms with Crippen LogP contribution in [0.25, 0.3) is 33.0 Å². The zero-order chi connectivity index (χ0) is 34.2. The lowest BCUT2D eigenvalue weighted by Gasteiger charge is -2.36. The topological polar surface area (TPSA) is 3.24 Å². The molecule has 0 bridgehead atoms. The average Bonchev–Trinajstić information content (AvgIpc) is 3.63. The van der Waals surface area contributed by atoms with Crippen LogP contribution in [0.2, 0.25) is 0 Å². The molecular weight excluding hydrogens is 615 g/mol. The van der Waals surface area contributed by atoms with Crippen molar-refractivity contribution in [1.82, 2.24) is 0 Å². The number of anilines is 3. The number of benzene rings is 8. The molecule has 10 rings (SSSR count). The van der Waals surface area contributed by atoms with Crippen molar-refractivity contribution in [2.75, 3.05) is 4.90 Å². The first-order valence-corrected chi connectivity index (χ1v) is 17.9. The van der Waals surface area contributed by atoms with Crippen molar-refractivity contribution >= 4 is 27.8 Å². The summed E-state index contributed by atoms with van der Waals surface area (Å²) >= 11 is 0. The summed E-state index contributed by atoms with van der Waals surface area (Å²) in [6.45, 7) is 4.76. The maximum atomic E-state index is 2.41. The van der Waals surface area contributed by atoms with Gasteiger partial charge in [-0.3, -0.25) is 0 Å². The quantitative estimate of drug-likeness (QED) is 0.173. The molecule has 0 spiro atoms. The van der Waals surface area contributed by atoms with Crippen molar-refractivity contribution in [1.29, 1.82) is 0 Å². The van der Waals surface area contributed by atoms with Crippen LogP contribution in [0.15, 0.2) is 188 Å². The Morgan fingerprint density at radius 3 is 1.49 bits per heavy atom. The third-order valence-corrected chi connectivity index (χ3v) is 11.5. The molecule has 51 heavy (non-hydrogen) atoms. The van der Waals surface area contributed by atoms with Crippen LogP contribution < -0.4 is 4.90 Å². The van der Waals surface area contributed by atoms with Crippen LogP contribution in [0.1, 0.15) is 47.2 Å². The minimum Gasteiger partial charge on any atom is -0.310 e. The zero-order valence-corrected chi connectivity index (χ0v) is 28.8. The molecule has 2 aliphatic rings. The SMILES string of the molecule is CC1(C)c2cccc3c2-c2c1cccc2C3(c1ccccc1)c1ccc(N(c2ccc(-c3ccccc3)cc2)c2cccc3ccccc23)cc1. The van der Waals surface area contributed by atoms with Crippen molar-refractivity contribution in [2.45, 2.75) is 24.7 Å². The van der Waals surface area contributed by atoms with Gasteiger partial charge in [0, 0.05) is 22.2 Å². The van der Waals surface area contributed by atoms with Crippen LogP contribution in [0, 0.1) is 0 Å². The normalized spacial score (nSPS) is 14.4. The van der Waals surface area contributed by atoms with Crippen LogP contribution in [-0.2, 0) is 10.8 Å². The second-order valence-electron chi connectivity index (χ2n) is 14.5. The van der Waals surface area contributed by atoms with Gasteiger partial charge in [0.1, 0.15) is 0 Å². The van der Waals surface area contributed by atoms with Crippen molar-refractivity contribution in [3.63, 3.8) is 0 Å². The van der Waals surface area contributed by atoms with Crippen molar-refractivity contribution in [3.8, 4) is 22.3 Å². The highest BCUT2D eigenvalue weighted by Gasteiger charge is 2.52. The minimum atomic E-state index is -0.422. The van der Waals surface area contributed by atoms with Crippen molar-refractivity contribution < 1.29 is 0 Å². The van der Waals surface area contributed by atoms with E-state index in [0.717, 1.165) is 17.1 Å². The van der Waals surface area contributed by atoms with Gasteiger partial charge < -0.3 is 4.90 Å². The Labute approximate surface area is 300 Å². The molecule has 2 aliphatic carbocycles. The Morgan fingerprint density at radius 1 is 0.373 bits per heavy atom. The Bertz CT molecular complexity index is 2520. The molecule has 1 heteroatoms. The molecule has 1 nitrogen and oxygen atoms in total. The molecule has 8 aromatic rings. The van der Waals surface area contributed by atoms with E-state index >= 15 is 0 Å². The minimum absolute atomic E-state index is 0.0294. The number of fused-ring (bicyclic) bond motifs is 1. The van der Waals surface area contributed by atoms with Gasteiger partial charge in [-0.2, -0.15) is 0 Å². The average molecular weight is 652 g/mol. The third-order valence-electron chi connectivity index (χ3n) is 11.5. The van der Waals surface area contributed by atoms with Gasteiger partial charge in [-0.25, -0.2) is 0 Å². The van der Waals surface area contributed by atoms with Crippen LogP contribution in [0.5, 0.6) is 0 Å². The van der Waals surface area contributed by atoms with E-state index in [1.165, 1.54) is 66.4 Å². The van der Waals surface area contributed by atoms with E-state index in [2.05, 4.69) is 207 Å². The highest BCUT2D eigenvalue weighted by Crippen LogP contribution is 2.64. The maximum absolute atomic E-state index is 2.41. The van der Waals surface area contributed by atoms with E-state index in [0.29, 0.717) is 0 Å². The Balaban J connectivity index is 1.17. The Morgan fingerprint density at radius 2 is 0.843 bits per heavy atom. The first kappa shape index (κ1) is 29.7. The Kier molecular flexibility index (Phi) is 6.51. The fourth-order valence-electron chi connectivity index (χ4n) is 9.20. The molecule has 0 radical (unpaired) electrons. The summed E-state index contributed by atoms with van der Waals surface area (Å²) in [5.74, 6) is 0. The molecule has 0 N–H and O–H groups in total. The molecule has 0 saturated carbocycles. The summed E-state index contributed by atoms with van der Waals surface area (Å²) in [7, 11) is 0. The largest absolute Gasteiger partial charge is 0.310 e. The van der Waals surface area contributed by atoms with Gasteiger partial charge in [0.05, 0.1) is 11.1 Å². The van der Waals surface area contributed by atoms with Gasteiger partial charge in [0.15, 0.2) is 0 Å². The fraction of sp³-hybridized carbons (Fsp3) is 0.0800. The number of hydrogen-bond donors (Lipinski definition) is 0. The molecule has 242 valence electrons. The lowest BCUT2D eigenvalue weighted by Crippen LogP contribution is -2.30. The summed E-state index contributed by atoms with van der Waals surface area (Å²) in [6.07, 6.45) is 0. The summed E-state index contributed by atoms with van der Waals surface area (Å²) in [5.41, 5.74) is 16.4. The summed E-state index contributed by atoms with van der Waals surface area (Å²) in [4.78, 5) is 2.41. The number of rotatable bonds is 6. The molecule has 0 amide bonds. The highest BCUT2D eigenvalue weighted by atomic mass is 15.1. The monoisotopic (exact) mass is 651 g/mol. The summed E-state index contributed by atoms with van der Waals surface area (Å²) in [6, 6.07) is 69.4. The van der Waals surface area contributed by atoms with Gasteiger partial charge >= 0.3 is 0 Å². The standard InChI is InChI=1S/C50H37N/c1-49(2)42-21-12-23-44-47(42)48-43(49)22-13-24-45(48)50(44,37-18-7-4-8-19-37)38-28-32-40(33-29-38)51(46-25-11-17-36-16-9-10-20-41(36)46)39-30-26-35(27-31-39)34-14-5-3-6-15-34/h3-33H,1-2H3. The molecule has 8 aromatic carbocycles. The molecule has 0 aliphatic heterocycles. The smallest absolute Gasteiger partial charge is 0.0713 e. The van der Waals surface area contributed by atoms with Crippen LogP contribution in [0.3, 0.4) is 0 Å². The first-order valence-electron chi connectivity index (χ1n) is 17.9. The van der Waals surface area contributed by atoms with E-state index in [-0.39, 0.29) is 5.41 Å². The van der Waals surface area contributed by atoms with Crippen molar-refractivity contribution in [3.05, 3.63) is 221 Å². The van der Waals surface area contributed by atoms with Crippen LogP contribution >= 0.6 is 0 Å². The van der Waals surface area contributed by atoms with E-state index in [4.69, 9.17) is 0 Å². The molecule has 0 aromatic heterocycles. The first-order chi connectivity index (χ1) is 25.1. The van der Waals surface area contributed by atoms with Gasteiger partial charge in [-0.1, -0.05) is 172 Å². The number of nitrogens with zero attached hydrogens (tertiary/aromatic N) is 1. The van der Waals surface area contributed by atoms with Crippen LogP contribution in [0.4, 0.5) is 17.1 Å². The molecule has 0 fully saturated rings. The van der Waals surface area contributed by atoms with E-state index in [1.807, 2.05) is 0 Å². The third kappa shape index (κ3) is 4.22. The zero-order valence-electron chi connectivity index (χ0n) is 28.8. The summed E-state index contributed by atoms with van der Waals surface area (Å²) < 4.78 is 0. The second kappa shape index (κ2) is 11.2. The van der Waals surface area contributed by atoms with E-state index in [9.17, 15) is 0 Å². The number of hydrogen-bond acceptors (Lipinski definition) is 1. The lowest BCUT2D eigenvalue weighted by atomic mass is 9.66. The molecule has 0 heterocycles. The molecule has 0 atom stereocenters. The van der Waals surface area contributed by atoms with E-state index < -0.39 is 5.41 Å². The Hall–Kier alpha value is -6.18. The van der Waals surface area contributed by atoms with Gasteiger partial charge in [-0.15, -0.1) is 0 Å². The maximum Gasteiger partial charge on any atom is 0.0713 e. The molecule has 0 unspecified atom stereocenters. The van der Waals surface area contributed by atoms with Gasteiger partial charge in [0.25, 0.3) is 0 Å². The van der Waals surface area contributed by atoms with Crippen LogP contribution in [-0.4, -0.2) is 0 Å². The summed E-state index contributed by atoms with van der Waals surface area (Å²) in [5, 5.41) is 2.45. The predicted molar refractivity (Wildman–Crippen MR) is 213 cm³/mol.